The second-order valence-electron chi connectivity index (χ2n) is 2.42. The number of nitrogens with zero attached hydrogens (tertiary/aromatic N) is 1. The van der Waals surface area contributed by atoms with Crippen molar-refractivity contribution in [1.29, 1.82) is 0 Å². The lowest BCUT2D eigenvalue weighted by Gasteiger charge is -1.98. The minimum Gasteiger partial charge on any atom is -0.462 e. The number of carbonyl (C=O) groups is 1. The van der Waals surface area contributed by atoms with Crippen molar-refractivity contribution in [2.75, 3.05) is 6.61 Å². The third-order valence-electron chi connectivity index (χ3n) is 1.51. The maximum absolute atomic E-state index is 11.2. The molecule has 0 aliphatic heterocycles. The Balaban J connectivity index is 2.93. The minimum atomic E-state index is -0.367. The van der Waals surface area contributed by atoms with Gasteiger partial charge >= 0.3 is 5.97 Å². The van der Waals surface area contributed by atoms with Gasteiger partial charge in [0.25, 0.3) is 0 Å². The molecule has 0 aromatic carbocycles. The van der Waals surface area contributed by atoms with Crippen LogP contribution >= 0.6 is 0 Å². The van der Waals surface area contributed by atoms with Crippen molar-refractivity contribution in [2.24, 2.45) is 0 Å². The summed E-state index contributed by atoms with van der Waals surface area (Å²) in [4.78, 5) is 11.2. The van der Waals surface area contributed by atoms with Crippen molar-refractivity contribution >= 4 is 5.97 Å². The molecule has 0 N–H and O–H groups in total. The van der Waals surface area contributed by atoms with Gasteiger partial charge in [-0.25, -0.2) is 4.79 Å². The van der Waals surface area contributed by atoms with Crippen LogP contribution in [0.2, 0.25) is 0 Å². The fraction of sp³-hybridized carbons (Fsp3) is 0.500. The van der Waals surface area contributed by atoms with Crippen molar-refractivity contribution in [2.45, 2.75) is 20.8 Å². The normalized spacial score (nSPS) is 9.92. The monoisotopic (exact) mass is 169 g/mol. The third-order valence-corrected chi connectivity index (χ3v) is 1.51. The van der Waals surface area contributed by atoms with E-state index in [0.29, 0.717) is 23.6 Å². The van der Waals surface area contributed by atoms with E-state index in [0.717, 1.165) is 0 Å². The first-order chi connectivity index (χ1) is 5.66. The number of aromatic nitrogens is 1. The predicted molar refractivity (Wildman–Crippen MR) is 41.9 cm³/mol. The fourth-order valence-corrected chi connectivity index (χ4v) is 0.978. The molecule has 1 rings (SSSR count). The number of hydrogen-bond donors (Lipinski definition) is 0. The average Bonchev–Trinajstić information content (AvgIpc) is 2.32. The standard InChI is InChI=1S/C8H11NO3/c1-4-11-8(10)7-5(2)9-12-6(7)3/h4H2,1-3H3. The Morgan fingerprint density at radius 3 is 2.67 bits per heavy atom. The van der Waals surface area contributed by atoms with E-state index in [-0.39, 0.29) is 5.97 Å². The quantitative estimate of drug-likeness (QED) is 0.629. The van der Waals surface area contributed by atoms with Crippen LogP contribution in [-0.4, -0.2) is 17.7 Å². The Hall–Kier alpha value is -1.32. The first-order valence-electron chi connectivity index (χ1n) is 3.76. The van der Waals surface area contributed by atoms with Crippen molar-refractivity contribution < 1.29 is 14.1 Å². The molecule has 0 saturated carbocycles. The first-order valence-corrected chi connectivity index (χ1v) is 3.76. The molecule has 66 valence electrons. The highest BCUT2D eigenvalue weighted by Gasteiger charge is 2.17. The fourth-order valence-electron chi connectivity index (χ4n) is 0.978. The predicted octanol–water partition coefficient (Wildman–Crippen LogP) is 1.47. The van der Waals surface area contributed by atoms with Gasteiger partial charge in [0.1, 0.15) is 11.3 Å². The molecule has 1 heterocycles. The Kier molecular flexibility index (Phi) is 2.47. The van der Waals surface area contributed by atoms with Crippen LogP contribution in [0, 0.1) is 13.8 Å². The summed E-state index contributed by atoms with van der Waals surface area (Å²) >= 11 is 0. The molecule has 1 aromatic rings. The van der Waals surface area contributed by atoms with Crippen LogP contribution in [0.3, 0.4) is 0 Å². The molecule has 12 heavy (non-hydrogen) atoms. The van der Waals surface area contributed by atoms with Gasteiger partial charge in [-0.05, 0) is 20.8 Å². The van der Waals surface area contributed by atoms with Gasteiger partial charge in [-0.1, -0.05) is 5.16 Å². The molecule has 0 unspecified atom stereocenters. The smallest absolute Gasteiger partial charge is 0.343 e. The van der Waals surface area contributed by atoms with Gasteiger partial charge in [0.15, 0.2) is 0 Å². The van der Waals surface area contributed by atoms with Crippen LogP contribution in [0.5, 0.6) is 0 Å². The van der Waals surface area contributed by atoms with Crippen molar-refractivity contribution in [3.63, 3.8) is 0 Å². The number of carbonyl (C=O) groups excluding carboxylic acids is 1. The zero-order chi connectivity index (χ0) is 9.14. The average molecular weight is 169 g/mol. The van der Waals surface area contributed by atoms with Gasteiger partial charge < -0.3 is 9.26 Å². The summed E-state index contributed by atoms with van der Waals surface area (Å²) < 4.78 is 9.62. The lowest BCUT2D eigenvalue weighted by Crippen LogP contribution is -2.06. The van der Waals surface area contributed by atoms with Gasteiger partial charge in [-0.15, -0.1) is 0 Å². The van der Waals surface area contributed by atoms with Crippen molar-refractivity contribution in [3.05, 3.63) is 17.0 Å². The third kappa shape index (κ3) is 1.47. The van der Waals surface area contributed by atoms with E-state index in [1.54, 1.807) is 20.8 Å². The second-order valence-corrected chi connectivity index (χ2v) is 2.42. The molecule has 0 bridgehead atoms. The van der Waals surface area contributed by atoms with E-state index >= 15 is 0 Å². The van der Waals surface area contributed by atoms with E-state index < -0.39 is 0 Å². The summed E-state index contributed by atoms with van der Waals surface area (Å²) in [7, 11) is 0. The lowest BCUT2D eigenvalue weighted by atomic mass is 10.2. The molecular formula is C8H11NO3. The van der Waals surface area contributed by atoms with Gasteiger partial charge in [0, 0.05) is 0 Å². The summed E-state index contributed by atoms with van der Waals surface area (Å²) in [5.41, 5.74) is 1.02. The van der Waals surface area contributed by atoms with Crippen LogP contribution in [0.4, 0.5) is 0 Å². The maximum atomic E-state index is 11.2. The number of rotatable bonds is 2. The van der Waals surface area contributed by atoms with Crippen LogP contribution in [0.1, 0.15) is 28.7 Å². The highest BCUT2D eigenvalue weighted by atomic mass is 16.5. The molecule has 1 aromatic heterocycles. The first kappa shape index (κ1) is 8.77. The number of aryl methyl sites for hydroxylation is 2. The second kappa shape index (κ2) is 3.38. The van der Waals surface area contributed by atoms with Gasteiger partial charge in [0.05, 0.1) is 12.3 Å². The lowest BCUT2D eigenvalue weighted by molar-refractivity contribution is 0.0523. The van der Waals surface area contributed by atoms with Crippen LogP contribution in [-0.2, 0) is 4.74 Å². The SMILES string of the molecule is CCOC(=O)c1c(C)noc1C. The Morgan fingerprint density at radius 2 is 2.25 bits per heavy atom. The zero-order valence-corrected chi connectivity index (χ0v) is 7.38. The minimum absolute atomic E-state index is 0.364. The molecule has 0 spiro atoms. The van der Waals surface area contributed by atoms with Crippen LogP contribution in [0.25, 0.3) is 0 Å². The van der Waals surface area contributed by atoms with E-state index in [1.165, 1.54) is 0 Å². The molecule has 0 atom stereocenters. The zero-order valence-electron chi connectivity index (χ0n) is 7.38. The van der Waals surface area contributed by atoms with Crippen LogP contribution < -0.4 is 0 Å². The van der Waals surface area contributed by atoms with Gasteiger partial charge in [-0.3, -0.25) is 0 Å². The molecule has 4 nitrogen and oxygen atoms in total. The number of hydrogen-bond acceptors (Lipinski definition) is 4. The van der Waals surface area contributed by atoms with E-state index in [4.69, 9.17) is 9.26 Å². The molecule has 0 saturated heterocycles. The molecule has 0 radical (unpaired) electrons. The Bertz CT molecular complexity index is 271. The van der Waals surface area contributed by atoms with E-state index in [1.807, 2.05) is 0 Å². The van der Waals surface area contributed by atoms with Crippen LogP contribution in [0.15, 0.2) is 4.52 Å². The largest absolute Gasteiger partial charge is 0.462 e. The van der Waals surface area contributed by atoms with Crippen molar-refractivity contribution in [3.8, 4) is 0 Å². The highest BCUT2D eigenvalue weighted by molar-refractivity contribution is 5.91. The van der Waals surface area contributed by atoms with Gasteiger partial charge in [0.2, 0.25) is 0 Å². The molecule has 0 amide bonds. The summed E-state index contributed by atoms with van der Waals surface area (Å²) in [5, 5.41) is 3.64. The molecular weight excluding hydrogens is 158 g/mol. The Morgan fingerprint density at radius 1 is 1.58 bits per heavy atom. The van der Waals surface area contributed by atoms with E-state index in [2.05, 4.69) is 5.16 Å². The summed E-state index contributed by atoms with van der Waals surface area (Å²) in [5.74, 6) is 0.139. The number of ether oxygens (including phenoxy) is 1. The molecule has 0 fully saturated rings. The Labute approximate surface area is 70.5 Å². The molecule has 0 aliphatic carbocycles. The highest BCUT2D eigenvalue weighted by Crippen LogP contribution is 2.12. The summed E-state index contributed by atoms with van der Waals surface area (Å²) in [6.07, 6.45) is 0. The maximum Gasteiger partial charge on any atom is 0.343 e. The summed E-state index contributed by atoms with van der Waals surface area (Å²) in [6.45, 7) is 5.52. The summed E-state index contributed by atoms with van der Waals surface area (Å²) in [6, 6.07) is 0. The topological polar surface area (TPSA) is 52.3 Å². The van der Waals surface area contributed by atoms with Crippen molar-refractivity contribution in [1.82, 2.24) is 5.16 Å². The molecule has 0 aliphatic rings. The molecule has 4 heteroatoms. The number of esters is 1. The van der Waals surface area contributed by atoms with Gasteiger partial charge in [-0.2, -0.15) is 0 Å². The van der Waals surface area contributed by atoms with E-state index in [9.17, 15) is 4.79 Å².